The van der Waals surface area contributed by atoms with E-state index in [0.29, 0.717) is 0 Å². The Kier molecular flexibility index (Phi) is 8.86. The molecule has 2 aromatic carbocycles. The average Bonchev–Trinajstić information content (AvgIpc) is 2.71. The minimum atomic E-state index is -0.901. The molecule has 0 saturated heterocycles. The predicted octanol–water partition coefficient (Wildman–Crippen LogP) is 2.91. The molecule has 0 aliphatic carbocycles. The van der Waals surface area contributed by atoms with Crippen LogP contribution in [-0.4, -0.2) is 30.0 Å². The highest BCUT2D eigenvalue weighted by atomic mass is 79.9. The lowest BCUT2D eigenvalue weighted by molar-refractivity contribution is -0.129. The lowest BCUT2D eigenvalue weighted by Gasteiger charge is -2.24. The van der Waals surface area contributed by atoms with Gasteiger partial charge >= 0.3 is 6.09 Å². The molecule has 0 saturated carbocycles. The van der Waals surface area contributed by atoms with Crippen molar-refractivity contribution in [2.24, 2.45) is 11.7 Å². The molecule has 0 aliphatic heterocycles. The lowest BCUT2D eigenvalue weighted by Crippen LogP contribution is -2.55. The van der Waals surface area contributed by atoms with Crippen LogP contribution < -0.4 is 16.4 Å². The Morgan fingerprint density at radius 3 is 2.17 bits per heavy atom. The van der Waals surface area contributed by atoms with E-state index in [1.807, 2.05) is 54.6 Å². The van der Waals surface area contributed by atoms with Crippen molar-refractivity contribution in [1.82, 2.24) is 10.6 Å². The zero-order valence-corrected chi connectivity index (χ0v) is 18.5. The Balaban J connectivity index is 1.97. The van der Waals surface area contributed by atoms with Crippen LogP contribution in [0.5, 0.6) is 0 Å². The summed E-state index contributed by atoms with van der Waals surface area (Å²) in [6.45, 7) is 3.66. The number of hydrogen-bond donors (Lipinski definition) is 3. The summed E-state index contributed by atoms with van der Waals surface area (Å²) in [6, 6.07) is 14.8. The van der Waals surface area contributed by atoms with Crippen molar-refractivity contribution in [3.05, 3.63) is 70.2 Å². The van der Waals surface area contributed by atoms with Crippen molar-refractivity contribution in [2.75, 3.05) is 0 Å². The summed E-state index contributed by atoms with van der Waals surface area (Å²) >= 11 is 3.35. The van der Waals surface area contributed by atoms with Gasteiger partial charge in [-0.2, -0.15) is 0 Å². The van der Waals surface area contributed by atoms with E-state index in [2.05, 4.69) is 26.6 Å². The fraction of sp³-hybridized carbons (Fsp3) is 0.318. The van der Waals surface area contributed by atoms with E-state index in [-0.39, 0.29) is 18.9 Å². The first-order chi connectivity index (χ1) is 14.3. The minimum Gasteiger partial charge on any atom is -0.445 e. The summed E-state index contributed by atoms with van der Waals surface area (Å²) in [4.78, 5) is 36.8. The molecule has 8 heteroatoms. The fourth-order valence-electron chi connectivity index (χ4n) is 2.77. The molecule has 2 atom stereocenters. The van der Waals surface area contributed by atoms with Crippen molar-refractivity contribution in [1.29, 1.82) is 0 Å². The van der Waals surface area contributed by atoms with Crippen LogP contribution in [0, 0.1) is 5.92 Å². The number of rotatable bonds is 9. The number of amides is 3. The van der Waals surface area contributed by atoms with Crippen LogP contribution in [0.1, 0.15) is 25.0 Å². The number of carbonyl (C=O) groups is 3. The van der Waals surface area contributed by atoms with Gasteiger partial charge in [-0.1, -0.05) is 72.2 Å². The highest BCUT2D eigenvalue weighted by Crippen LogP contribution is 2.12. The maximum Gasteiger partial charge on any atom is 0.408 e. The second kappa shape index (κ2) is 11.3. The predicted molar refractivity (Wildman–Crippen MR) is 117 cm³/mol. The molecule has 2 aromatic rings. The smallest absolute Gasteiger partial charge is 0.408 e. The first kappa shape index (κ1) is 23.4. The number of nitrogens with one attached hydrogen (secondary N) is 2. The molecule has 4 N–H and O–H groups in total. The summed E-state index contributed by atoms with van der Waals surface area (Å²) < 4.78 is 6.10. The monoisotopic (exact) mass is 475 g/mol. The minimum absolute atomic E-state index is 0.0899. The summed E-state index contributed by atoms with van der Waals surface area (Å²) in [5.41, 5.74) is 7.16. The summed E-state index contributed by atoms with van der Waals surface area (Å²) in [6.07, 6.45) is -0.464. The maximum absolute atomic E-state index is 12.8. The van der Waals surface area contributed by atoms with E-state index in [9.17, 15) is 14.4 Å². The maximum atomic E-state index is 12.8. The van der Waals surface area contributed by atoms with Crippen LogP contribution in [0.2, 0.25) is 0 Å². The van der Waals surface area contributed by atoms with Gasteiger partial charge in [0.2, 0.25) is 11.8 Å². The number of benzene rings is 2. The standard InChI is InChI=1S/C22H26BrN3O4/c1-14(2)19(26-22(29)30-13-16-6-4-3-5-7-16)21(28)25-18(20(24)27)12-15-8-10-17(23)11-9-15/h3-11,14,18-19H,12-13H2,1-2H3,(H2,24,27)(H,25,28)(H,26,29)/t18-,19-/m1/s1. The topological polar surface area (TPSA) is 111 Å². The molecule has 0 aliphatic rings. The third-order valence-electron chi connectivity index (χ3n) is 4.45. The Hall–Kier alpha value is -2.87. The van der Waals surface area contributed by atoms with Crippen LogP contribution in [0.25, 0.3) is 0 Å². The Morgan fingerprint density at radius 2 is 1.60 bits per heavy atom. The summed E-state index contributed by atoms with van der Waals surface area (Å²) in [5.74, 6) is -1.38. The van der Waals surface area contributed by atoms with Crippen molar-refractivity contribution in [2.45, 2.75) is 39.0 Å². The zero-order valence-electron chi connectivity index (χ0n) is 16.9. The van der Waals surface area contributed by atoms with Crippen LogP contribution >= 0.6 is 15.9 Å². The van der Waals surface area contributed by atoms with Crippen molar-refractivity contribution in [3.8, 4) is 0 Å². The highest BCUT2D eigenvalue weighted by molar-refractivity contribution is 9.10. The molecule has 0 aromatic heterocycles. The normalized spacial score (nSPS) is 12.7. The van der Waals surface area contributed by atoms with Crippen molar-refractivity contribution < 1.29 is 19.1 Å². The van der Waals surface area contributed by atoms with Crippen LogP contribution in [-0.2, 0) is 27.4 Å². The van der Waals surface area contributed by atoms with Gasteiger partial charge in [0, 0.05) is 10.9 Å². The third-order valence-corrected chi connectivity index (χ3v) is 4.98. The molecule has 0 fully saturated rings. The van der Waals surface area contributed by atoms with Gasteiger partial charge in [0.05, 0.1) is 0 Å². The van der Waals surface area contributed by atoms with Gasteiger partial charge in [-0.15, -0.1) is 0 Å². The van der Waals surface area contributed by atoms with Crippen LogP contribution in [0.15, 0.2) is 59.1 Å². The molecule has 0 spiro atoms. The molecular formula is C22H26BrN3O4. The number of ether oxygens (including phenoxy) is 1. The lowest BCUT2D eigenvalue weighted by atomic mass is 10.0. The van der Waals surface area contributed by atoms with E-state index in [1.165, 1.54) is 0 Å². The quantitative estimate of drug-likeness (QED) is 0.517. The second-order valence-electron chi connectivity index (χ2n) is 7.22. The number of nitrogens with two attached hydrogens (primary N) is 1. The molecule has 3 amide bonds. The largest absolute Gasteiger partial charge is 0.445 e. The van der Waals surface area contributed by atoms with Gasteiger partial charge in [0.15, 0.2) is 0 Å². The second-order valence-corrected chi connectivity index (χ2v) is 8.14. The first-order valence-corrected chi connectivity index (χ1v) is 10.4. The SMILES string of the molecule is CC(C)[C@@H](NC(=O)OCc1ccccc1)C(=O)N[C@H](Cc1ccc(Br)cc1)C(N)=O. The molecule has 0 bridgehead atoms. The molecular weight excluding hydrogens is 450 g/mol. The van der Waals surface area contributed by atoms with Gasteiger partial charge < -0.3 is 21.1 Å². The average molecular weight is 476 g/mol. The number of halogens is 1. The van der Waals surface area contributed by atoms with Gasteiger partial charge in [-0.3, -0.25) is 9.59 Å². The van der Waals surface area contributed by atoms with Gasteiger partial charge in [-0.25, -0.2) is 4.79 Å². The molecule has 2 rings (SSSR count). The molecule has 0 heterocycles. The van der Waals surface area contributed by atoms with Gasteiger partial charge in [-0.05, 0) is 29.2 Å². The van der Waals surface area contributed by atoms with E-state index in [4.69, 9.17) is 10.5 Å². The van der Waals surface area contributed by atoms with E-state index in [0.717, 1.165) is 15.6 Å². The molecule has 0 radical (unpaired) electrons. The summed E-state index contributed by atoms with van der Waals surface area (Å²) in [5, 5.41) is 5.22. The number of alkyl carbamates (subject to hydrolysis) is 1. The highest BCUT2D eigenvalue weighted by Gasteiger charge is 2.28. The summed E-state index contributed by atoms with van der Waals surface area (Å²) in [7, 11) is 0. The zero-order chi connectivity index (χ0) is 22.1. The molecule has 30 heavy (non-hydrogen) atoms. The van der Waals surface area contributed by atoms with Gasteiger partial charge in [0.25, 0.3) is 0 Å². The Bertz CT molecular complexity index is 856. The van der Waals surface area contributed by atoms with Crippen LogP contribution in [0.4, 0.5) is 4.79 Å². The van der Waals surface area contributed by atoms with Gasteiger partial charge in [0.1, 0.15) is 18.7 Å². The van der Waals surface area contributed by atoms with Crippen LogP contribution in [0.3, 0.4) is 0 Å². The van der Waals surface area contributed by atoms with E-state index >= 15 is 0 Å². The van der Waals surface area contributed by atoms with Crippen molar-refractivity contribution in [3.63, 3.8) is 0 Å². The fourth-order valence-corrected chi connectivity index (χ4v) is 3.03. The first-order valence-electron chi connectivity index (χ1n) is 9.57. The Morgan fingerprint density at radius 1 is 0.967 bits per heavy atom. The van der Waals surface area contributed by atoms with E-state index < -0.39 is 30.0 Å². The molecule has 7 nitrogen and oxygen atoms in total. The molecule has 160 valence electrons. The van der Waals surface area contributed by atoms with Crippen molar-refractivity contribution >= 4 is 33.8 Å². The third kappa shape index (κ3) is 7.51. The number of hydrogen-bond acceptors (Lipinski definition) is 4. The van der Waals surface area contributed by atoms with E-state index in [1.54, 1.807) is 13.8 Å². The number of primary amides is 1. The molecule has 0 unspecified atom stereocenters. The number of carbonyl (C=O) groups excluding carboxylic acids is 3. The Labute approximate surface area is 184 Å².